The third-order valence-electron chi connectivity index (χ3n) is 4.23. The van der Waals surface area contributed by atoms with E-state index in [1.165, 1.54) is 0 Å². The molecule has 0 saturated carbocycles. The van der Waals surface area contributed by atoms with Gasteiger partial charge >= 0.3 is 0 Å². The van der Waals surface area contributed by atoms with Gasteiger partial charge in [-0.25, -0.2) is 0 Å². The minimum Gasteiger partial charge on any atom is -0.343 e. The highest BCUT2D eigenvalue weighted by Gasteiger charge is 2.28. The summed E-state index contributed by atoms with van der Waals surface area (Å²) in [5.41, 5.74) is 4.66. The summed E-state index contributed by atoms with van der Waals surface area (Å²) in [5, 5.41) is 8.87. The Labute approximate surface area is 126 Å². The summed E-state index contributed by atoms with van der Waals surface area (Å²) in [7, 11) is 0. The molecule has 0 atom stereocenters. The van der Waals surface area contributed by atoms with Crippen LogP contribution in [0.15, 0.2) is 0 Å². The second-order valence-electron chi connectivity index (χ2n) is 5.58. The molecule has 0 bridgehead atoms. The summed E-state index contributed by atoms with van der Waals surface area (Å²) in [6, 6.07) is 3.00. The number of rotatable bonds is 2. The summed E-state index contributed by atoms with van der Waals surface area (Å²) in [6.07, 6.45) is 4.88. The second kappa shape index (κ2) is 9.48. The Bertz CT molecular complexity index is 364. The third-order valence-corrected chi connectivity index (χ3v) is 4.23. The van der Waals surface area contributed by atoms with Crippen molar-refractivity contribution >= 4 is 12.2 Å². The molecule has 2 heterocycles. The van der Waals surface area contributed by atoms with Crippen LogP contribution in [0.3, 0.4) is 0 Å². The first-order chi connectivity index (χ1) is 10.1. The minimum atomic E-state index is 0.139. The molecular formula is C15H26N4O2. The SMILES string of the molecule is CC(=O)N1CCC(N2CCC(C#N)CC2)CC1.NCC=O. The zero-order valence-corrected chi connectivity index (χ0v) is 12.8. The molecule has 2 rings (SSSR count). The Balaban J connectivity index is 0.000000491. The molecule has 6 heteroatoms. The van der Waals surface area contributed by atoms with Gasteiger partial charge in [0, 0.05) is 38.5 Å². The largest absolute Gasteiger partial charge is 0.343 e. The smallest absolute Gasteiger partial charge is 0.219 e. The van der Waals surface area contributed by atoms with Crippen LogP contribution in [0.25, 0.3) is 0 Å². The first-order valence-corrected chi connectivity index (χ1v) is 7.65. The first kappa shape index (κ1) is 17.6. The van der Waals surface area contributed by atoms with Gasteiger partial charge in [0.25, 0.3) is 0 Å². The highest BCUT2D eigenvalue weighted by molar-refractivity contribution is 5.73. The van der Waals surface area contributed by atoms with Gasteiger partial charge in [-0.1, -0.05) is 0 Å². The molecule has 2 saturated heterocycles. The van der Waals surface area contributed by atoms with Gasteiger partial charge in [0.15, 0.2) is 0 Å². The molecule has 0 radical (unpaired) electrons. The van der Waals surface area contributed by atoms with E-state index in [1.54, 1.807) is 6.92 Å². The summed E-state index contributed by atoms with van der Waals surface area (Å²) >= 11 is 0. The van der Waals surface area contributed by atoms with Gasteiger partial charge in [0.1, 0.15) is 6.29 Å². The molecule has 0 unspecified atom stereocenters. The third kappa shape index (κ3) is 5.82. The van der Waals surface area contributed by atoms with Crippen LogP contribution in [0.4, 0.5) is 0 Å². The van der Waals surface area contributed by atoms with Crippen LogP contribution < -0.4 is 5.73 Å². The summed E-state index contributed by atoms with van der Waals surface area (Å²) < 4.78 is 0. The lowest BCUT2D eigenvalue weighted by atomic mass is 9.94. The predicted molar refractivity (Wildman–Crippen MR) is 80.3 cm³/mol. The van der Waals surface area contributed by atoms with E-state index in [1.807, 2.05) is 4.90 Å². The zero-order chi connectivity index (χ0) is 15.7. The van der Waals surface area contributed by atoms with Crippen molar-refractivity contribution in [1.29, 1.82) is 5.26 Å². The van der Waals surface area contributed by atoms with E-state index in [2.05, 4.69) is 16.7 Å². The normalized spacial score (nSPS) is 21.1. The molecule has 2 fully saturated rings. The van der Waals surface area contributed by atoms with E-state index >= 15 is 0 Å². The van der Waals surface area contributed by atoms with Crippen molar-refractivity contribution in [2.75, 3.05) is 32.7 Å². The maximum absolute atomic E-state index is 11.2. The average molecular weight is 294 g/mol. The number of carbonyl (C=O) groups is 2. The van der Waals surface area contributed by atoms with E-state index in [-0.39, 0.29) is 18.4 Å². The second-order valence-corrected chi connectivity index (χ2v) is 5.58. The fourth-order valence-corrected chi connectivity index (χ4v) is 2.94. The molecule has 0 aromatic carbocycles. The maximum Gasteiger partial charge on any atom is 0.219 e. The van der Waals surface area contributed by atoms with E-state index in [9.17, 15) is 4.79 Å². The Morgan fingerprint density at radius 3 is 2.14 bits per heavy atom. The van der Waals surface area contributed by atoms with Gasteiger partial charge in [-0.15, -0.1) is 0 Å². The number of piperidine rings is 2. The summed E-state index contributed by atoms with van der Waals surface area (Å²) in [5.74, 6) is 0.468. The molecular weight excluding hydrogens is 268 g/mol. The summed E-state index contributed by atoms with van der Waals surface area (Å²) in [4.78, 5) is 24.8. The van der Waals surface area contributed by atoms with E-state index in [4.69, 9.17) is 10.1 Å². The lowest BCUT2D eigenvalue weighted by Gasteiger charge is -2.40. The maximum atomic E-state index is 11.2. The number of amides is 1. The molecule has 2 aliphatic rings. The number of carbonyl (C=O) groups excluding carboxylic acids is 2. The van der Waals surface area contributed by atoms with Gasteiger partial charge < -0.3 is 20.3 Å². The van der Waals surface area contributed by atoms with Crippen LogP contribution in [0.5, 0.6) is 0 Å². The molecule has 2 aliphatic heterocycles. The van der Waals surface area contributed by atoms with Crippen LogP contribution >= 0.6 is 0 Å². The van der Waals surface area contributed by atoms with Gasteiger partial charge in [-0.05, 0) is 38.8 Å². The van der Waals surface area contributed by atoms with E-state index in [0.717, 1.165) is 51.9 Å². The van der Waals surface area contributed by atoms with Crippen LogP contribution in [-0.2, 0) is 9.59 Å². The lowest BCUT2D eigenvalue weighted by Crippen LogP contribution is -2.48. The average Bonchev–Trinajstić information content (AvgIpc) is 2.55. The Hall–Kier alpha value is -1.45. The highest BCUT2D eigenvalue weighted by atomic mass is 16.2. The molecule has 0 aromatic rings. The highest BCUT2D eigenvalue weighted by Crippen LogP contribution is 2.23. The van der Waals surface area contributed by atoms with Crippen molar-refractivity contribution in [3.63, 3.8) is 0 Å². The van der Waals surface area contributed by atoms with Gasteiger partial charge in [-0.2, -0.15) is 5.26 Å². The van der Waals surface area contributed by atoms with Crippen LogP contribution in [0.1, 0.15) is 32.6 Å². The number of hydrogen-bond donors (Lipinski definition) is 1. The Kier molecular flexibility index (Phi) is 7.95. The van der Waals surface area contributed by atoms with Gasteiger partial charge in [0.05, 0.1) is 6.07 Å². The molecule has 6 nitrogen and oxygen atoms in total. The van der Waals surface area contributed by atoms with Crippen molar-refractivity contribution < 1.29 is 9.59 Å². The summed E-state index contributed by atoms with van der Waals surface area (Å²) in [6.45, 7) is 5.71. The molecule has 0 spiro atoms. The zero-order valence-electron chi connectivity index (χ0n) is 12.8. The van der Waals surface area contributed by atoms with Crippen LogP contribution in [0.2, 0.25) is 0 Å². The van der Waals surface area contributed by atoms with Crippen LogP contribution in [-0.4, -0.2) is 60.8 Å². The molecule has 21 heavy (non-hydrogen) atoms. The van der Waals surface area contributed by atoms with Crippen molar-refractivity contribution in [1.82, 2.24) is 9.80 Å². The Morgan fingerprint density at radius 2 is 1.76 bits per heavy atom. The van der Waals surface area contributed by atoms with E-state index in [0.29, 0.717) is 12.3 Å². The topological polar surface area (TPSA) is 90.4 Å². The van der Waals surface area contributed by atoms with Crippen molar-refractivity contribution in [3.8, 4) is 6.07 Å². The monoisotopic (exact) mass is 294 g/mol. The molecule has 0 aromatic heterocycles. The fourth-order valence-electron chi connectivity index (χ4n) is 2.94. The van der Waals surface area contributed by atoms with Crippen molar-refractivity contribution in [2.45, 2.75) is 38.6 Å². The number of aldehydes is 1. The van der Waals surface area contributed by atoms with E-state index < -0.39 is 0 Å². The van der Waals surface area contributed by atoms with Gasteiger partial charge in [-0.3, -0.25) is 4.79 Å². The Morgan fingerprint density at radius 1 is 1.24 bits per heavy atom. The first-order valence-electron chi connectivity index (χ1n) is 7.65. The number of likely N-dealkylation sites (tertiary alicyclic amines) is 2. The number of hydrogen-bond acceptors (Lipinski definition) is 5. The molecule has 0 aliphatic carbocycles. The quantitative estimate of drug-likeness (QED) is 0.743. The number of nitriles is 1. The predicted octanol–water partition coefficient (Wildman–Crippen LogP) is 0.377. The molecule has 2 N–H and O–H groups in total. The van der Waals surface area contributed by atoms with Crippen molar-refractivity contribution in [3.05, 3.63) is 0 Å². The number of nitrogens with two attached hydrogens (primary N) is 1. The molecule has 1 amide bonds. The lowest BCUT2D eigenvalue weighted by molar-refractivity contribution is -0.130. The number of nitrogens with zero attached hydrogens (tertiary/aromatic N) is 3. The fraction of sp³-hybridized carbons (Fsp3) is 0.800. The van der Waals surface area contributed by atoms with Crippen LogP contribution in [0, 0.1) is 17.2 Å². The minimum absolute atomic E-state index is 0.139. The van der Waals surface area contributed by atoms with Gasteiger partial charge in [0.2, 0.25) is 5.91 Å². The standard InChI is InChI=1S/C13H21N3O.C2H5NO/c1-11(17)15-8-4-13(5-9-15)16-6-2-12(10-14)3-7-16;3-1-2-4/h12-13H,2-9H2,1H3;2H,1,3H2. The molecule has 118 valence electrons. The van der Waals surface area contributed by atoms with Crippen molar-refractivity contribution in [2.24, 2.45) is 11.7 Å².